The number of nitriles is 1. The molecule has 20 heavy (non-hydrogen) atoms. The number of hydrogen-bond acceptors (Lipinski definition) is 6. The van der Waals surface area contributed by atoms with Crippen molar-refractivity contribution in [2.75, 3.05) is 26.0 Å². The molecule has 3 N–H and O–H groups in total. The summed E-state index contributed by atoms with van der Waals surface area (Å²) in [6, 6.07) is 6.33. The third-order valence-electron chi connectivity index (χ3n) is 2.36. The van der Waals surface area contributed by atoms with Gasteiger partial charge in [0, 0.05) is 6.54 Å². The normalized spacial score (nSPS) is 9.40. The fourth-order valence-electron chi connectivity index (χ4n) is 1.38. The molecule has 1 rings (SSSR count). The zero-order valence-corrected chi connectivity index (χ0v) is 11.0. The largest absolute Gasteiger partial charge is 0.495 e. The van der Waals surface area contributed by atoms with Gasteiger partial charge in [-0.2, -0.15) is 5.26 Å². The number of nitrogens with one attached hydrogen (secondary N) is 1. The number of carbonyl (C=O) groups is 2. The van der Waals surface area contributed by atoms with Crippen molar-refractivity contribution in [3.63, 3.8) is 0 Å². The number of benzene rings is 1. The molecule has 0 saturated heterocycles. The molecular formula is C13H15N3O4. The van der Waals surface area contributed by atoms with E-state index in [1.54, 1.807) is 6.07 Å². The summed E-state index contributed by atoms with van der Waals surface area (Å²) >= 11 is 0. The second kappa shape index (κ2) is 7.63. The highest BCUT2D eigenvalue weighted by molar-refractivity contribution is 5.92. The summed E-state index contributed by atoms with van der Waals surface area (Å²) in [4.78, 5) is 23.0. The summed E-state index contributed by atoms with van der Waals surface area (Å²) in [7, 11) is 1.47. The third-order valence-corrected chi connectivity index (χ3v) is 2.36. The maximum atomic E-state index is 11.7. The number of nitrogen functional groups attached to an aromatic ring is 1. The van der Waals surface area contributed by atoms with Gasteiger partial charge in [-0.3, -0.25) is 4.79 Å². The van der Waals surface area contributed by atoms with Crippen molar-refractivity contribution >= 4 is 17.6 Å². The van der Waals surface area contributed by atoms with E-state index in [1.165, 1.54) is 19.2 Å². The van der Waals surface area contributed by atoms with Gasteiger partial charge in [0.25, 0.3) is 5.91 Å². The first-order valence-electron chi connectivity index (χ1n) is 5.82. The SMILES string of the molecule is COc1ccc(C(=O)OCC(=O)NCCC#N)cc1N. The van der Waals surface area contributed by atoms with Crippen LogP contribution in [0.15, 0.2) is 18.2 Å². The summed E-state index contributed by atoms with van der Waals surface area (Å²) < 4.78 is 9.78. The Balaban J connectivity index is 2.49. The van der Waals surface area contributed by atoms with Gasteiger partial charge in [-0.05, 0) is 18.2 Å². The Morgan fingerprint density at radius 3 is 2.80 bits per heavy atom. The molecule has 0 heterocycles. The molecule has 1 aromatic rings. The molecule has 0 aliphatic heterocycles. The summed E-state index contributed by atoms with van der Waals surface area (Å²) in [6.45, 7) is -0.182. The number of esters is 1. The van der Waals surface area contributed by atoms with E-state index in [-0.39, 0.29) is 18.5 Å². The van der Waals surface area contributed by atoms with Gasteiger partial charge in [0.05, 0.1) is 30.9 Å². The van der Waals surface area contributed by atoms with Crippen molar-refractivity contribution in [2.24, 2.45) is 0 Å². The van der Waals surface area contributed by atoms with Gasteiger partial charge in [-0.15, -0.1) is 0 Å². The number of amides is 1. The van der Waals surface area contributed by atoms with E-state index in [2.05, 4.69) is 5.32 Å². The van der Waals surface area contributed by atoms with E-state index in [1.807, 2.05) is 6.07 Å². The molecule has 0 aromatic heterocycles. The summed E-state index contributed by atoms with van der Waals surface area (Å²) in [5.41, 5.74) is 6.20. The lowest BCUT2D eigenvalue weighted by atomic mass is 10.2. The van der Waals surface area contributed by atoms with Crippen LogP contribution in [-0.2, 0) is 9.53 Å². The predicted molar refractivity (Wildman–Crippen MR) is 70.9 cm³/mol. The van der Waals surface area contributed by atoms with Crippen molar-refractivity contribution in [3.05, 3.63) is 23.8 Å². The van der Waals surface area contributed by atoms with E-state index in [4.69, 9.17) is 20.5 Å². The second-order valence-corrected chi connectivity index (χ2v) is 3.79. The van der Waals surface area contributed by atoms with Gasteiger partial charge in [-0.1, -0.05) is 0 Å². The molecule has 0 radical (unpaired) electrons. The molecular weight excluding hydrogens is 262 g/mol. The lowest BCUT2D eigenvalue weighted by molar-refractivity contribution is -0.124. The molecule has 0 spiro atoms. The van der Waals surface area contributed by atoms with Crippen molar-refractivity contribution in [3.8, 4) is 11.8 Å². The van der Waals surface area contributed by atoms with Gasteiger partial charge in [-0.25, -0.2) is 4.79 Å². The molecule has 0 atom stereocenters. The Hall–Kier alpha value is -2.75. The van der Waals surface area contributed by atoms with Crippen molar-refractivity contribution in [1.29, 1.82) is 5.26 Å². The van der Waals surface area contributed by atoms with Crippen LogP contribution in [0.1, 0.15) is 16.8 Å². The van der Waals surface area contributed by atoms with Gasteiger partial charge in [0.1, 0.15) is 5.75 Å². The number of ether oxygens (including phenoxy) is 2. The van der Waals surface area contributed by atoms with Gasteiger partial charge in [0.15, 0.2) is 6.61 Å². The summed E-state index contributed by atoms with van der Waals surface area (Å²) in [6.07, 6.45) is 0.203. The minimum atomic E-state index is -0.658. The van der Waals surface area contributed by atoms with E-state index in [9.17, 15) is 9.59 Å². The summed E-state index contributed by atoms with van der Waals surface area (Å²) in [5, 5.41) is 10.7. The molecule has 106 valence electrons. The molecule has 0 saturated carbocycles. The Bertz CT molecular complexity index is 537. The lowest BCUT2D eigenvalue weighted by Crippen LogP contribution is -2.29. The van der Waals surface area contributed by atoms with Gasteiger partial charge < -0.3 is 20.5 Å². The molecule has 0 bridgehead atoms. The Labute approximate surface area is 116 Å². The highest BCUT2D eigenvalue weighted by atomic mass is 16.5. The molecule has 1 amide bonds. The zero-order valence-electron chi connectivity index (χ0n) is 11.0. The number of nitrogens with zero attached hydrogens (tertiary/aromatic N) is 1. The molecule has 0 fully saturated rings. The maximum Gasteiger partial charge on any atom is 0.338 e. The topological polar surface area (TPSA) is 114 Å². The van der Waals surface area contributed by atoms with Crippen LogP contribution in [0.25, 0.3) is 0 Å². The third kappa shape index (κ3) is 4.49. The van der Waals surface area contributed by atoms with Crippen molar-refractivity contribution < 1.29 is 19.1 Å². The van der Waals surface area contributed by atoms with E-state index in [0.717, 1.165) is 0 Å². The van der Waals surface area contributed by atoms with Crippen LogP contribution < -0.4 is 15.8 Å². The van der Waals surface area contributed by atoms with E-state index in [0.29, 0.717) is 11.4 Å². The molecule has 0 aliphatic rings. The van der Waals surface area contributed by atoms with Gasteiger partial charge in [0.2, 0.25) is 0 Å². The number of methoxy groups -OCH3 is 1. The molecule has 7 nitrogen and oxygen atoms in total. The van der Waals surface area contributed by atoms with Crippen molar-refractivity contribution in [1.82, 2.24) is 5.32 Å². The quantitative estimate of drug-likeness (QED) is 0.443. The van der Waals surface area contributed by atoms with Crippen LogP contribution in [0.2, 0.25) is 0 Å². The minimum absolute atomic E-state index is 0.203. The fourth-order valence-corrected chi connectivity index (χ4v) is 1.38. The maximum absolute atomic E-state index is 11.7. The monoisotopic (exact) mass is 277 g/mol. The van der Waals surface area contributed by atoms with Crippen LogP contribution in [0, 0.1) is 11.3 Å². The summed E-state index contributed by atoms with van der Waals surface area (Å²) in [5.74, 6) is -0.666. The first kappa shape index (κ1) is 15.3. The van der Waals surface area contributed by atoms with Crippen LogP contribution in [0.5, 0.6) is 5.75 Å². The number of carbonyl (C=O) groups excluding carboxylic acids is 2. The van der Waals surface area contributed by atoms with E-state index >= 15 is 0 Å². The van der Waals surface area contributed by atoms with Crippen LogP contribution in [0.3, 0.4) is 0 Å². The number of rotatable bonds is 6. The average Bonchev–Trinajstić information content (AvgIpc) is 2.45. The Kier molecular flexibility index (Phi) is 5.84. The number of anilines is 1. The molecule has 7 heteroatoms. The first-order valence-corrected chi connectivity index (χ1v) is 5.82. The molecule has 1 aromatic carbocycles. The fraction of sp³-hybridized carbons (Fsp3) is 0.308. The molecule has 0 unspecified atom stereocenters. The predicted octanol–water partition coefficient (Wildman–Crippen LogP) is 0.464. The smallest absolute Gasteiger partial charge is 0.338 e. The zero-order chi connectivity index (χ0) is 15.0. The number of hydrogen-bond donors (Lipinski definition) is 2. The van der Waals surface area contributed by atoms with Crippen LogP contribution >= 0.6 is 0 Å². The average molecular weight is 277 g/mol. The first-order chi connectivity index (χ1) is 9.58. The van der Waals surface area contributed by atoms with Crippen molar-refractivity contribution in [2.45, 2.75) is 6.42 Å². The Morgan fingerprint density at radius 2 is 2.20 bits per heavy atom. The molecule has 0 aliphatic carbocycles. The highest BCUT2D eigenvalue weighted by Crippen LogP contribution is 2.22. The second-order valence-electron chi connectivity index (χ2n) is 3.79. The number of nitrogens with two attached hydrogens (primary N) is 1. The van der Waals surface area contributed by atoms with Crippen LogP contribution in [-0.4, -0.2) is 32.1 Å². The standard InChI is InChI=1S/C13H15N3O4/c1-19-11-4-3-9(7-10(11)15)13(18)20-8-12(17)16-6-2-5-14/h3-4,7H,2,6,8,15H2,1H3,(H,16,17). The van der Waals surface area contributed by atoms with Crippen LogP contribution in [0.4, 0.5) is 5.69 Å². The van der Waals surface area contributed by atoms with E-state index < -0.39 is 18.5 Å². The van der Waals surface area contributed by atoms with Gasteiger partial charge >= 0.3 is 5.97 Å². The lowest BCUT2D eigenvalue weighted by Gasteiger charge is -2.08. The highest BCUT2D eigenvalue weighted by Gasteiger charge is 2.11. The minimum Gasteiger partial charge on any atom is -0.495 e. The Morgan fingerprint density at radius 1 is 1.45 bits per heavy atom.